The molecule has 0 unspecified atom stereocenters. The molecule has 98 valence electrons. The summed E-state index contributed by atoms with van der Waals surface area (Å²) in [5, 5.41) is 0. The second kappa shape index (κ2) is 7.11. The molecule has 0 aromatic heterocycles. The Labute approximate surface area is 101 Å². The van der Waals surface area contributed by atoms with Gasteiger partial charge in [-0.1, -0.05) is 13.3 Å². The number of nitrogens with zero attached hydrogens (tertiary/aromatic N) is 1. The highest BCUT2D eigenvalue weighted by Gasteiger charge is 2.27. The molecular formula is C11H21N3O3. The summed E-state index contributed by atoms with van der Waals surface area (Å²) in [6, 6.07) is 0. The number of hydrogen-bond donors (Lipinski definition) is 2. The fourth-order valence-electron chi connectivity index (χ4n) is 1.84. The Morgan fingerprint density at radius 3 is 2.59 bits per heavy atom. The summed E-state index contributed by atoms with van der Waals surface area (Å²) in [6.45, 7) is 3.63. The molecule has 0 atom stereocenters. The van der Waals surface area contributed by atoms with Crippen LogP contribution in [0.5, 0.6) is 0 Å². The minimum Gasteiger partial charge on any atom is -0.449 e. The molecule has 2 amide bonds. The minimum atomic E-state index is -0.273. The van der Waals surface area contributed by atoms with Gasteiger partial charge in [0.25, 0.3) is 0 Å². The maximum Gasteiger partial charge on any atom is 0.409 e. The van der Waals surface area contributed by atoms with Crippen molar-refractivity contribution in [3.8, 4) is 0 Å². The van der Waals surface area contributed by atoms with Crippen LogP contribution in [-0.2, 0) is 9.53 Å². The maximum atomic E-state index is 11.6. The van der Waals surface area contributed by atoms with Gasteiger partial charge in [0.2, 0.25) is 5.91 Å². The standard InChI is InChI=1S/C11H21N3O3/c1-2-3-8-17-11(16)14-6-4-9(5-7-14)10(15)13-12/h9H,2-8,12H2,1H3,(H,13,15). The fourth-order valence-corrected chi connectivity index (χ4v) is 1.84. The topological polar surface area (TPSA) is 84.7 Å². The van der Waals surface area contributed by atoms with Gasteiger partial charge in [-0.05, 0) is 19.3 Å². The van der Waals surface area contributed by atoms with Crippen LogP contribution in [0.4, 0.5) is 4.79 Å². The van der Waals surface area contributed by atoms with E-state index in [0.29, 0.717) is 32.5 Å². The van der Waals surface area contributed by atoms with E-state index < -0.39 is 0 Å². The predicted octanol–water partition coefficient (Wildman–Crippen LogP) is 0.625. The highest BCUT2D eigenvalue weighted by molar-refractivity contribution is 5.78. The van der Waals surface area contributed by atoms with E-state index >= 15 is 0 Å². The Morgan fingerprint density at radius 1 is 1.41 bits per heavy atom. The Balaban J connectivity index is 2.26. The molecule has 0 aromatic rings. The molecule has 0 saturated carbocycles. The summed E-state index contributed by atoms with van der Waals surface area (Å²) in [6.07, 6.45) is 2.91. The van der Waals surface area contributed by atoms with Crippen molar-refractivity contribution in [2.24, 2.45) is 11.8 Å². The first-order chi connectivity index (χ1) is 8.19. The zero-order valence-corrected chi connectivity index (χ0v) is 10.3. The summed E-state index contributed by atoms with van der Waals surface area (Å²) in [5.41, 5.74) is 2.15. The number of nitrogens with two attached hydrogens (primary N) is 1. The molecule has 0 radical (unpaired) electrons. The zero-order valence-electron chi connectivity index (χ0n) is 10.3. The van der Waals surface area contributed by atoms with Crippen LogP contribution in [0.3, 0.4) is 0 Å². The van der Waals surface area contributed by atoms with Crippen LogP contribution < -0.4 is 11.3 Å². The van der Waals surface area contributed by atoms with Crippen molar-refractivity contribution in [2.75, 3.05) is 19.7 Å². The molecule has 1 aliphatic heterocycles. The third-order valence-electron chi connectivity index (χ3n) is 2.99. The smallest absolute Gasteiger partial charge is 0.409 e. The first-order valence-corrected chi connectivity index (χ1v) is 6.11. The van der Waals surface area contributed by atoms with Crippen molar-refractivity contribution in [2.45, 2.75) is 32.6 Å². The van der Waals surface area contributed by atoms with E-state index in [0.717, 1.165) is 12.8 Å². The first kappa shape index (κ1) is 13.8. The molecular weight excluding hydrogens is 222 g/mol. The lowest BCUT2D eigenvalue weighted by molar-refractivity contribution is -0.126. The second-order valence-corrected chi connectivity index (χ2v) is 4.24. The molecule has 0 aliphatic carbocycles. The monoisotopic (exact) mass is 243 g/mol. The van der Waals surface area contributed by atoms with E-state index in [2.05, 4.69) is 5.43 Å². The lowest BCUT2D eigenvalue weighted by Gasteiger charge is -2.30. The number of nitrogens with one attached hydrogen (secondary N) is 1. The van der Waals surface area contributed by atoms with Gasteiger partial charge in [-0.25, -0.2) is 10.6 Å². The third-order valence-corrected chi connectivity index (χ3v) is 2.99. The number of hydrazine groups is 1. The van der Waals surface area contributed by atoms with Crippen LogP contribution in [0.25, 0.3) is 0 Å². The molecule has 0 spiro atoms. The Morgan fingerprint density at radius 2 is 2.06 bits per heavy atom. The Kier molecular flexibility index (Phi) is 5.76. The van der Waals surface area contributed by atoms with Gasteiger partial charge in [-0.3, -0.25) is 10.2 Å². The number of ether oxygens (including phenoxy) is 1. The molecule has 1 rings (SSSR count). The lowest BCUT2D eigenvalue weighted by atomic mass is 9.96. The number of likely N-dealkylation sites (tertiary alicyclic amines) is 1. The fraction of sp³-hybridized carbons (Fsp3) is 0.818. The third kappa shape index (κ3) is 4.22. The minimum absolute atomic E-state index is 0.0836. The van der Waals surface area contributed by atoms with Gasteiger partial charge in [-0.2, -0.15) is 0 Å². The zero-order chi connectivity index (χ0) is 12.7. The number of amides is 2. The van der Waals surface area contributed by atoms with Crippen molar-refractivity contribution in [3.05, 3.63) is 0 Å². The van der Waals surface area contributed by atoms with E-state index in [-0.39, 0.29) is 17.9 Å². The van der Waals surface area contributed by atoms with Gasteiger partial charge in [0.05, 0.1) is 6.61 Å². The van der Waals surface area contributed by atoms with Crippen LogP contribution in [0.15, 0.2) is 0 Å². The molecule has 0 aromatic carbocycles. The van der Waals surface area contributed by atoms with Gasteiger partial charge < -0.3 is 9.64 Å². The van der Waals surface area contributed by atoms with E-state index in [9.17, 15) is 9.59 Å². The van der Waals surface area contributed by atoms with Crippen LogP contribution in [-0.4, -0.2) is 36.6 Å². The van der Waals surface area contributed by atoms with E-state index in [1.165, 1.54) is 0 Å². The number of hydrogen-bond acceptors (Lipinski definition) is 4. The largest absolute Gasteiger partial charge is 0.449 e. The van der Waals surface area contributed by atoms with Crippen molar-refractivity contribution >= 4 is 12.0 Å². The summed E-state index contributed by atoms with van der Waals surface area (Å²) < 4.78 is 5.11. The van der Waals surface area contributed by atoms with Gasteiger partial charge >= 0.3 is 6.09 Å². The number of carbonyl (C=O) groups excluding carboxylic acids is 2. The summed E-state index contributed by atoms with van der Waals surface area (Å²) in [5.74, 6) is 4.84. The maximum absolute atomic E-state index is 11.6. The molecule has 1 fully saturated rings. The molecule has 1 heterocycles. The molecule has 1 saturated heterocycles. The molecule has 6 nitrogen and oxygen atoms in total. The highest BCUT2D eigenvalue weighted by Crippen LogP contribution is 2.17. The van der Waals surface area contributed by atoms with E-state index in [1.54, 1.807) is 4.90 Å². The van der Waals surface area contributed by atoms with Gasteiger partial charge in [-0.15, -0.1) is 0 Å². The van der Waals surface area contributed by atoms with Gasteiger partial charge in [0.1, 0.15) is 0 Å². The highest BCUT2D eigenvalue weighted by atomic mass is 16.6. The van der Waals surface area contributed by atoms with Crippen LogP contribution in [0.2, 0.25) is 0 Å². The van der Waals surface area contributed by atoms with Crippen molar-refractivity contribution in [1.82, 2.24) is 10.3 Å². The van der Waals surface area contributed by atoms with Crippen LogP contribution >= 0.6 is 0 Å². The lowest BCUT2D eigenvalue weighted by Crippen LogP contribution is -2.44. The summed E-state index contributed by atoms with van der Waals surface area (Å²) in [7, 11) is 0. The van der Waals surface area contributed by atoms with Crippen molar-refractivity contribution in [3.63, 3.8) is 0 Å². The SMILES string of the molecule is CCCCOC(=O)N1CCC(C(=O)NN)CC1. The molecule has 0 bridgehead atoms. The van der Waals surface area contributed by atoms with Gasteiger partial charge in [0, 0.05) is 19.0 Å². The van der Waals surface area contributed by atoms with Crippen molar-refractivity contribution < 1.29 is 14.3 Å². The number of unbranched alkanes of at least 4 members (excludes halogenated alkanes) is 1. The second-order valence-electron chi connectivity index (χ2n) is 4.24. The predicted molar refractivity (Wildman–Crippen MR) is 62.9 cm³/mol. The Hall–Kier alpha value is -1.30. The summed E-state index contributed by atoms with van der Waals surface area (Å²) in [4.78, 5) is 24.5. The normalized spacial score (nSPS) is 16.7. The summed E-state index contributed by atoms with van der Waals surface area (Å²) >= 11 is 0. The number of carbonyl (C=O) groups is 2. The van der Waals surface area contributed by atoms with Crippen LogP contribution in [0, 0.1) is 5.92 Å². The molecule has 1 aliphatic rings. The van der Waals surface area contributed by atoms with Crippen LogP contribution in [0.1, 0.15) is 32.6 Å². The quantitative estimate of drug-likeness (QED) is 0.328. The number of rotatable bonds is 4. The molecule has 6 heteroatoms. The van der Waals surface area contributed by atoms with Gasteiger partial charge in [0.15, 0.2) is 0 Å². The molecule has 3 N–H and O–H groups in total. The van der Waals surface area contributed by atoms with Crippen molar-refractivity contribution in [1.29, 1.82) is 0 Å². The number of piperidine rings is 1. The average molecular weight is 243 g/mol. The Bertz CT molecular complexity index is 263. The van der Waals surface area contributed by atoms with E-state index in [1.807, 2.05) is 6.92 Å². The van der Waals surface area contributed by atoms with E-state index in [4.69, 9.17) is 10.6 Å². The molecule has 17 heavy (non-hydrogen) atoms. The first-order valence-electron chi connectivity index (χ1n) is 6.11. The average Bonchev–Trinajstić information content (AvgIpc) is 2.38.